The molecule has 6 aromatic carbocycles. The minimum Gasteiger partial charge on any atom is -0.385 e. The smallest absolute Gasteiger partial charge is 0.0620 e. The Hall–Kier alpha value is -4.56. The Bertz CT molecular complexity index is 2380. The van der Waals surface area contributed by atoms with Gasteiger partial charge < -0.3 is 9.88 Å². The van der Waals surface area contributed by atoms with Crippen molar-refractivity contribution in [2.75, 3.05) is 6.54 Å². The van der Waals surface area contributed by atoms with Gasteiger partial charge in [0.15, 0.2) is 0 Å². The van der Waals surface area contributed by atoms with Crippen molar-refractivity contribution < 1.29 is 0 Å². The molecule has 0 saturated carbocycles. The van der Waals surface area contributed by atoms with Gasteiger partial charge in [0.2, 0.25) is 0 Å². The molecule has 7 aromatic rings. The Kier molecular flexibility index (Phi) is 4.49. The lowest BCUT2D eigenvalue weighted by Gasteiger charge is -2.39. The Balaban J connectivity index is 1.56. The van der Waals surface area contributed by atoms with Crippen molar-refractivity contribution in [1.82, 2.24) is 9.88 Å². The minimum atomic E-state index is -0.102. The lowest BCUT2D eigenvalue weighted by molar-refractivity contribution is 0.594. The van der Waals surface area contributed by atoms with Crippen LogP contribution < -0.4 is 5.32 Å². The summed E-state index contributed by atoms with van der Waals surface area (Å²) < 4.78 is 2.57. The highest BCUT2D eigenvalue weighted by molar-refractivity contribution is 6.33. The highest BCUT2D eigenvalue weighted by Gasteiger charge is 2.37. The van der Waals surface area contributed by atoms with E-state index in [4.69, 9.17) is 0 Å². The molecule has 2 heterocycles. The van der Waals surface area contributed by atoms with E-state index in [0.29, 0.717) is 0 Å². The summed E-state index contributed by atoms with van der Waals surface area (Å²) >= 11 is 0. The maximum Gasteiger partial charge on any atom is 0.0620 e. The quantitative estimate of drug-likeness (QED) is 0.204. The summed E-state index contributed by atoms with van der Waals surface area (Å²) in [5.74, 6) is 0. The van der Waals surface area contributed by atoms with Crippen LogP contribution in [0.5, 0.6) is 0 Å². The second-order valence-corrected chi connectivity index (χ2v) is 13.3. The average molecular weight is 543 g/mol. The van der Waals surface area contributed by atoms with E-state index in [2.05, 4.69) is 130 Å². The third kappa shape index (κ3) is 2.85. The molecular weight excluding hydrogens is 508 g/mol. The van der Waals surface area contributed by atoms with Crippen LogP contribution in [0.3, 0.4) is 0 Å². The van der Waals surface area contributed by atoms with Gasteiger partial charge in [-0.1, -0.05) is 74.0 Å². The zero-order valence-electron chi connectivity index (χ0n) is 25.2. The molecule has 0 amide bonds. The van der Waals surface area contributed by atoms with E-state index in [0.717, 1.165) is 6.54 Å². The number of nitrogens with one attached hydrogen (secondary N) is 1. The van der Waals surface area contributed by atoms with Crippen LogP contribution in [-0.4, -0.2) is 11.1 Å². The van der Waals surface area contributed by atoms with Crippen molar-refractivity contribution in [3.63, 3.8) is 0 Å². The van der Waals surface area contributed by atoms with Crippen LogP contribution in [0.15, 0.2) is 90.1 Å². The van der Waals surface area contributed by atoms with Crippen molar-refractivity contribution in [3.05, 3.63) is 118 Å². The van der Waals surface area contributed by atoms with Crippen molar-refractivity contribution in [1.29, 1.82) is 0 Å². The molecule has 42 heavy (non-hydrogen) atoms. The summed E-state index contributed by atoms with van der Waals surface area (Å²) in [7, 11) is 0. The number of allylic oxidation sites excluding steroid dienone is 3. The fraction of sp³-hybridized carbons (Fsp3) is 0.200. The molecule has 2 heteroatoms. The van der Waals surface area contributed by atoms with E-state index >= 15 is 0 Å². The number of benzene rings is 6. The van der Waals surface area contributed by atoms with Gasteiger partial charge in [-0.25, -0.2) is 0 Å². The second kappa shape index (κ2) is 7.83. The zero-order valence-corrected chi connectivity index (χ0v) is 25.2. The molecule has 0 atom stereocenters. The van der Waals surface area contributed by atoms with Crippen molar-refractivity contribution in [2.45, 2.75) is 47.0 Å². The molecule has 9 rings (SSSR count). The topological polar surface area (TPSA) is 17.0 Å². The third-order valence-electron chi connectivity index (χ3n) is 10.3. The summed E-state index contributed by atoms with van der Waals surface area (Å²) in [6.45, 7) is 14.7. The lowest BCUT2D eigenvalue weighted by Crippen LogP contribution is -2.34. The van der Waals surface area contributed by atoms with Crippen LogP contribution >= 0.6 is 0 Å². The molecule has 2 aliphatic rings. The highest BCUT2D eigenvalue weighted by Crippen LogP contribution is 2.53. The second-order valence-electron chi connectivity index (χ2n) is 13.3. The van der Waals surface area contributed by atoms with Gasteiger partial charge in [0.1, 0.15) is 0 Å². The SMILES string of the molecule is CC1=CC2=C(CN1)C(C)(C)c1cc3c4c(ccc5ccc2c1c54)cc1c2ccccc2n(-c2c(C)cc(C)cc2C)c13. The summed E-state index contributed by atoms with van der Waals surface area (Å²) in [6, 6.07) is 28.1. The molecule has 0 radical (unpaired) electrons. The predicted octanol–water partition coefficient (Wildman–Crippen LogP) is 10.2. The van der Waals surface area contributed by atoms with Crippen molar-refractivity contribution >= 4 is 59.7 Å². The van der Waals surface area contributed by atoms with Crippen LogP contribution in [0.4, 0.5) is 0 Å². The van der Waals surface area contributed by atoms with Gasteiger partial charge in [-0.2, -0.15) is 0 Å². The first-order valence-corrected chi connectivity index (χ1v) is 15.2. The van der Waals surface area contributed by atoms with E-state index in [1.165, 1.54) is 104 Å². The van der Waals surface area contributed by atoms with Gasteiger partial charge in [-0.05, 0) is 112 Å². The molecule has 0 bridgehead atoms. The largest absolute Gasteiger partial charge is 0.385 e. The number of nitrogens with zero attached hydrogens (tertiary/aromatic N) is 1. The van der Waals surface area contributed by atoms with Gasteiger partial charge in [0.05, 0.1) is 16.7 Å². The van der Waals surface area contributed by atoms with Gasteiger partial charge in [0, 0.05) is 33.8 Å². The van der Waals surface area contributed by atoms with E-state index in [-0.39, 0.29) is 5.41 Å². The Morgan fingerprint density at radius 2 is 1.45 bits per heavy atom. The molecular formula is C40H34N2. The first-order valence-electron chi connectivity index (χ1n) is 15.2. The standard InChI is InChI=1S/C40H34N2/c1-21-15-22(2)38(23(3)16-21)42-34-10-8-7-9-27(34)30-18-26-12-11-25-13-14-28-29-17-24(4)41-20-33(29)40(5,6)32-19-31(39(30)42)35(26)36(25)37(28)32/h7-19,41H,20H2,1-6H3. The monoisotopic (exact) mass is 542 g/mol. The van der Waals surface area contributed by atoms with Gasteiger partial charge in [-0.3, -0.25) is 0 Å². The number of rotatable bonds is 1. The molecule has 0 saturated heterocycles. The van der Waals surface area contributed by atoms with Gasteiger partial charge >= 0.3 is 0 Å². The van der Waals surface area contributed by atoms with E-state index in [9.17, 15) is 0 Å². The van der Waals surface area contributed by atoms with E-state index in [1.807, 2.05) is 0 Å². The summed E-state index contributed by atoms with van der Waals surface area (Å²) in [4.78, 5) is 0. The number of para-hydroxylation sites is 1. The molecule has 1 aliphatic carbocycles. The first kappa shape index (κ1) is 24.1. The number of aryl methyl sites for hydroxylation is 3. The molecule has 0 spiro atoms. The minimum absolute atomic E-state index is 0.102. The normalized spacial score (nSPS) is 16.2. The average Bonchev–Trinajstić information content (AvgIpc) is 3.28. The third-order valence-corrected chi connectivity index (χ3v) is 10.3. The summed E-state index contributed by atoms with van der Waals surface area (Å²) in [6.07, 6.45) is 2.37. The molecule has 1 N–H and O–H groups in total. The maximum atomic E-state index is 3.65. The Labute approximate surface area is 246 Å². The fourth-order valence-electron chi connectivity index (χ4n) is 8.54. The van der Waals surface area contributed by atoms with Gasteiger partial charge in [-0.15, -0.1) is 0 Å². The maximum absolute atomic E-state index is 3.65. The van der Waals surface area contributed by atoms with Crippen LogP contribution in [0.1, 0.15) is 48.6 Å². The molecule has 2 nitrogen and oxygen atoms in total. The molecule has 1 aliphatic heterocycles. The Morgan fingerprint density at radius 1 is 0.714 bits per heavy atom. The number of hydrogen-bond acceptors (Lipinski definition) is 1. The van der Waals surface area contributed by atoms with Gasteiger partial charge in [0.25, 0.3) is 0 Å². The number of hydrogen-bond donors (Lipinski definition) is 1. The molecule has 204 valence electrons. The van der Waals surface area contributed by atoms with Crippen LogP contribution in [0, 0.1) is 20.8 Å². The molecule has 1 aromatic heterocycles. The summed E-state index contributed by atoms with van der Waals surface area (Å²) in [5.41, 5.74) is 14.7. The first-order chi connectivity index (χ1) is 20.2. The lowest BCUT2D eigenvalue weighted by atomic mass is 9.66. The van der Waals surface area contributed by atoms with Crippen LogP contribution in [0.25, 0.3) is 65.4 Å². The van der Waals surface area contributed by atoms with E-state index < -0.39 is 0 Å². The van der Waals surface area contributed by atoms with Crippen molar-refractivity contribution in [3.8, 4) is 5.69 Å². The van der Waals surface area contributed by atoms with E-state index in [1.54, 1.807) is 0 Å². The fourth-order valence-corrected chi connectivity index (χ4v) is 8.54. The zero-order chi connectivity index (χ0) is 28.7. The van der Waals surface area contributed by atoms with Crippen LogP contribution in [-0.2, 0) is 5.41 Å². The number of fused-ring (bicyclic) bond motifs is 5. The molecule has 0 fully saturated rings. The van der Waals surface area contributed by atoms with Crippen molar-refractivity contribution in [2.24, 2.45) is 0 Å². The Morgan fingerprint density at radius 3 is 2.26 bits per heavy atom. The predicted molar refractivity (Wildman–Crippen MR) is 180 cm³/mol. The molecule has 0 unspecified atom stereocenters. The van der Waals surface area contributed by atoms with Crippen LogP contribution in [0.2, 0.25) is 0 Å². The number of aromatic nitrogens is 1. The highest BCUT2D eigenvalue weighted by atomic mass is 15.0. The number of dihydropyridines is 1. The summed E-state index contributed by atoms with van der Waals surface area (Å²) in [5, 5.41) is 14.5.